The van der Waals surface area contributed by atoms with E-state index in [1.807, 2.05) is 31.2 Å². The maximum Gasteiger partial charge on any atom is 0.335 e. The van der Waals surface area contributed by atoms with Crippen LogP contribution in [0.1, 0.15) is 46.0 Å². The Morgan fingerprint density at radius 1 is 1.09 bits per heavy atom. The molecule has 1 unspecified atom stereocenters. The molecule has 0 aliphatic carbocycles. The van der Waals surface area contributed by atoms with E-state index in [1.54, 1.807) is 12.1 Å². The second kappa shape index (κ2) is 11.3. The molecule has 1 aliphatic heterocycles. The number of nitrogens with zero attached hydrogens (tertiary/aromatic N) is 3. The maximum atomic E-state index is 12.5. The van der Waals surface area contributed by atoms with Gasteiger partial charge in [-0.05, 0) is 49.6 Å². The van der Waals surface area contributed by atoms with Crippen molar-refractivity contribution in [1.82, 2.24) is 15.3 Å². The summed E-state index contributed by atoms with van der Waals surface area (Å²) in [5.74, 6) is 0.661. The molecule has 3 aromatic rings. The predicted octanol–water partition coefficient (Wildman–Crippen LogP) is 3.55. The predicted molar refractivity (Wildman–Crippen MR) is 130 cm³/mol. The standard InChI is InChI=1S/C26H28N4O5/c1-2-34-22-10-3-4-11-23(22)35-21-9-6-12-30(17-21)26-28-15-20(16-29-26)24(31)27-14-18-7-5-8-19(13-18)25(32)33/h3-5,7-8,10-11,13,15-16,21H,2,6,9,12,14,17H2,1H3,(H,27,31)(H,32,33). The SMILES string of the molecule is CCOc1ccccc1OC1CCCN(c2ncc(C(=O)NCc3cccc(C(=O)O)c3)cn2)C1. The first-order chi connectivity index (χ1) is 17.0. The maximum absolute atomic E-state index is 12.5. The topological polar surface area (TPSA) is 114 Å². The number of benzene rings is 2. The molecule has 1 saturated heterocycles. The van der Waals surface area contributed by atoms with Gasteiger partial charge in [-0.25, -0.2) is 14.8 Å². The number of piperidine rings is 1. The van der Waals surface area contributed by atoms with Crippen LogP contribution >= 0.6 is 0 Å². The van der Waals surface area contributed by atoms with Gasteiger partial charge in [0, 0.05) is 25.5 Å². The van der Waals surface area contributed by atoms with Gasteiger partial charge in [-0.15, -0.1) is 0 Å². The van der Waals surface area contributed by atoms with Crippen LogP contribution in [0.2, 0.25) is 0 Å². The molecule has 1 aliphatic rings. The number of amides is 1. The molecule has 2 aromatic carbocycles. The zero-order chi connectivity index (χ0) is 24.6. The van der Waals surface area contributed by atoms with Gasteiger partial charge < -0.3 is 24.8 Å². The molecule has 9 nitrogen and oxygen atoms in total. The van der Waals surface area contributed by atoms with Crippen molar-refractivity contribution in [3.8, 4) is 11.5 Å². The van der Waals surface area contributed by atoms with E-state index in [9.17, 15) is 9.59 Å². The van der Waals surface area contributed by atoms with Gasteiger partial charge in [0.2, 0.25) is 5.95 Å². The Kier molecular flexibility index (Phi) is 7.77. The Morgan fingerprint density at radius 3 is 2.60 bits per heavy atom. The summed E-state index contributed by atoms with van der Waals surface area (Å²) in [6.45, 7) is 4.15. The molecule has 35 heavy (non-hydrogen) atoms. The molecule has 0 radical (unpaired) electrons. The van der Waals surface area contributed by atoms with Gasteiger partial charge >= 0.3 is 5.97 Å². The fourth-order valence-corrected chi connectivity index (χ4v) is 3.92. The lowest BCUT2D eigenvalue weighted by Crippen LogP contribution is -2.42. The molecule has 1 aromatic heterocycles. The summed E-state index contributed by atoms with van der Waals surface area (Å²) in [5.41, 5.74) is 1.20. The highest BCUT2D eigenvalue weighted by molar-refractivity contribution is 5.93. The number of aromatic nitrogens is 2. The summed E-state index contributed by atoms with van der Waals surface area (Å²) < 4.78 is 11.9. The first-order valence-electron chi connectivity index (χ1n) is 11.6. The van der Waals surface area contributed by atoms with Crippen molar-refractivity contribution < 1.29 is 24.2 Å². The number of aromatic carboxylic acids is 1. The summed E-state index contributed by atoms with van der Waals surface area (Å²) in [6, 6.07) is 14.1. The van der Waals surface area contributed by atoms with Gasteiger partial charge in [0.1, 0.15) is 6.10 Å². The second-order valence-electron chi connectivity index (χ2n) is 8.17. The highest BCUT2D eigenvalue weighted by Gasteiger charge is 2.24. The van der Waals surface area contributed by atoms with Crippen molar-refractivity contribution in [2.24, 2.45) is 0 Å². The van der Waals surface area contributed by atoms with Crippen LogP contribution < -0.4 is 19.7 Å². The summed E-state index contributed by atoms with van der Waals surface area (Å²) in [7, 11) is 0. The third kappa shape index (κ3) is 6.26. The monoisotopic (exact) mass is 476 g/mol. The minimum Gasteiger partial charge on any atom is -0.490 e. The Bertz CT molecular complexity index is 1170. The summed E-state index contributed by atoms with van der Waals surface area (Å²) in [6.07, 6.45) is 4.82. The molecular weight excluding hydrogens is 448 g/mol. The van der Waals surface area contributed by atoms with Crippen LogP contribution in [0.3, 0.4) is 0 Å². The number of hydrogen-bond donors (Lipinski definition) is 2. The van der Waals surface area contributed by atoms with E-state index in [-0.39, 0.29) is 24.1 Å². The quantitative estimate of drug-likeness (QED) is 0.482. The number of carbonyl (C=O) groups excluding carboxylic acids is 1. The molecule has 1 amide bonds. The number of carbonyl (C=O) groups is 2. The van der Waals surface area contributed by atoms with E-state index in [0.717, 1.165) is 30.9 Å². The number of carboxylic acids is 1. The molecule has 9 heteroatoms. The summed E-state index contributed by atoms with van der Waals surface area (Å²) in [4.78, 5) is 34.5. The number of nitrogens with one attached hydrogen (secondary N) is 1. The van der Waals surface area contributed by atoms with Crippen molar-refractivity contribution in [2.45, 2.75) is 32.4 Å². The van der Waals surface area contributed by atoms with E-state index in [2.05, 4.69) is 20.2 Å². The molecule has 1 fully saturated rings. The van der Waals surface area contributed by atoms with Gasteiger partial charge in [-0.3, -0.25) is 4.79 Å². The molecule has 0 spiro atoms. The van der Waals surface area contributed by atoms with E-state index < -0.39 is 5.97 Å². The molecule has 2 N–H and O–H groups in total. The highest BCUT2D eigenvalue weighted by atomic mass is 16.5. The number of hydrogen-bond acceptors (Lipinski definition) is 7. The van der Waals surface area contributed by atoms with E-state index in [0.29, 0.717) is 30.2 Å². The fraction of sp³-hybridized carbons (Fsp3) is 0.308. The number of anilines is 1. The first-order valence-corrected chi connectivity index (χ1v) is 11.6. The van der Waals surface area contributed by atoms with Gasteiger partial charge in [0.15, 0.2) is 11.5 Å². The van der Waals surface area contributed by atoms with Crippen LogP contribution in [0, 0.1) is 0 Å². The van der Waals surface area contributed by atoms with Gasteiger partial charge in [0.25, 0.3) is 5.91 Å². The van der Waals surface area contributed by atoms with Crippen LogP contribution in [0.5, 0.6) is 11.5 Å². The van der Waals surface area contributed by atoms with E-state index in [4.69, 9.17) is 14.6 Å². The number of ether oxygens (including phenoxy) is 2. The van der Waals surface area contributed by atoms with Crippen LogP contribution in [0.15, 0.2) is 60.9 Å². The number of rotatable bonds is 9. The minimum atomic E-state index is -1.01. The smallest absolute Gasteiger partial charge is 0.335 e. The van der Waals surface area contributed by atoms with Crippen molar-refractivity contribution in [3.63, 3.8) is 0 Å². The Hall–Kier alpha value is -4.14. The molecule has 182 valence electrons. The summed E-state index contributed by atoms with van der Waals surface area (Å²) in [5, 5.41) is 11.9. The zero-order valence-corrected chi connectivity index (χ0v) is 19.5. The summed E-state index contributed by atoms with van der Waals surface area (Å²) >= 11 is 0. The molecule has 0 bridgehead atoms. The number of para-hydroxylation sites is 2. The highest BCUT2D eigenvalue weighted by Crippen LogP contribution is 2.29. The van der Waals surface area contributed by atoms with E-state index >= 15 is 0 Å². The van der Waals surface area contributed by atoms with Gasteiger partial charge in [-0.2, -0.15) is 0 Å². The Labute approximate surface area is 203 Å². The average molecular weight is 477 g/mol. The van der Waals surface area contributed by atoms with Crippen molar-refractivity contribution in [2.75, 3.05) is 24.6 Å². The average Bonchev–Trinajstić information content (AvgIpc) is 2.89. The van der Waals surface area contributed by atoms with Crippen LogP contribution in [-0.4, -0.2) is 52.8 Å². The van der Waals surface area contributed by atoms with Gasteiger partial charge in [0.05, 0.1) is 24.3 Å². The normalized spacial score (nSPS) is 15.3. The zero-order valence-electron chi connectivity index (χ0n) is 19.5. The number of carboxylic acid groups (broad SMARTS) is 1. The van der Waals surface area contributed by atoms with Crippen LogP contribution in [0.25, 0.3) is 0 Å². The third-order valence-corrected chi connectivity index (χ3v) is 5.63. The van der Waals surface area contributed by atoms with Crippen molar-refractivity contribution >= 4 is 17.8 Å². The molecule has 4 rings (SSSR count). The lowest BCUT2D eigenvalue weighted by atomic mass is 10.1. The van der Waals surface area contributed by atoms with Crippen molar-refractivity contribution in [1.29, 1.82) is 0 Å². The first kappa shape index (κ1) is 24.0. The lowest BCUT2D eigenvalue weighted by Gasteiger charge is -2.33. The molecule has 0 saturated carbocycles. The van der Waals surface area contributed by atoms with Crippen LogP contribution in [-0.2, 0) is 6.54 Å². The lowest BCUT2D eigenvalue weighted by molar-refractivity contribution is 0.0696. The largest absolute Gasteiger partial charge is 0.490 e. The minimum absolute atomic E-state index is 0.0292. The van der Waals surface area contributed by atoms with E-state index in [1.165, 1.54) is 24.5 Å². The van der Waals surface area contributed by atoms with Gasteiger partial charge in [-0.1, -0.05) is 24.3 Å². The third-order valence-electron chi connectivity index (χ3n) is 5.63. The second-order valence-corrected chi connectivity index (χ2v) is 8.17. The Morgan fingerprint density at radius 2 is 1.86 bits per heavy atom. The fourth-order valence-electron chi connectivity index (χ4n) is 3.92. The molecule has 2 heterocycles. The molecule has 1 atom stereocenters. The van der Waals surface area contributed by atoms with Crippen molar-refractivity contribution in [3.05, 3.63) is 77.6 Å². The van der Waals surface area contributed by atoms with Crippen LogP contribution in [0.4, 0.5) is 5.95 Å². The molecular formula is C26H28N4O5. The Balaban J connectivity index is 1.34.